The molecule has 1 spiro atoms. The summed E-state index contributed by atoms with van der Waals surface area (Å²) in [6.07, 6.45) is 1.80. The van der Waals surface area contributed by atoms with Crippen LogP contribution in [-0.4, -0.2) is 78.3 Å². The van der Waals surface area contributed by atoms with E-state index in [0.717, 1.165) is 18.3 Å². The molecule has 0 radical (unpaired) electrons. The number of amides is 2. The van der Waals surface area contributed by atoms with Gasteiger partial charge < -0.3 is 29.1 Å². The minimum Gasteiger partial charge on any atom is -0.502 e. The van der Waals surface area contributed by atoms with Gasteiger partial charge in [-0.1, -0.05) is 6.07 Å². The number of likely N-dealkylation sites (N-methyl/N-ethyl adjacent to an activating group) is 1. The Kier molecular flexibility index (Phi) is 9.17. The van der Waals surface area contributed by atoms with Crippen LogP contribution in [0.5, 0.6) is 5.75 Å². The van der Waals surface area contributed by atoms with E-state index in [2.05, 4.69) is 5.32 Å². The van der Waals surface area contributed by atoms with Gasteiger partial charge in [-0.2, -0.15) is 0 Å². The molecule has 1 aromatic carbocycles. The lowest BCUT2D eigenvalue weighted by atomic mass is 10.0. The molecule has 2 aliphatic heterocycles. The van der Waals surface area contributed by atoms with Crippen LogP contribution in [0.15, 0.2) is 29.2 Å². The van der Waals surface area contributed by atoms with E-state index in [1.807, 2.05) is 0 Å². The van der Waals surface area contributed by atoms with Gasteiger partial charge in [-0.15, -0.1) is 0 Å². The number of aromatic hydroxyl groups is 1. The third kappa shape index (κ3) is 5.87. The van der Waals surface area contributed by atoms with Crippen LogP contribution in [0.4, 0.5) is 8.78 Å². The Hall–Kier alpha value is -3.32. The fraction of sp³-hybridized carbons (Fsp3) is 0.500. The second kappa shape index (κ2) is 12.3. The lowest BCUT2D eigenvalue weighted by Crippen LogP contribution is -2.70. The molecule has 2 N–H and O–H groups in total. The summed E-state index contributed by atoms with van der Waals surface area (Å²) in [5.74, 6) is -4.18. The second-order valence-electron chi connectivity index (χ2n) is 9.62. The zero-order chi connectivity index (χ0) is 29.9. The van der Waals surface area contributed by atoms with E-state index >= 15 is 0 Å². The van der Waals surface area contributed by atoms with Crippen LogP contribution in [0.2, 0.25) is 0 Å². The van der Waals surface area contributed by atoms with Crippen LogP contribution in [0.3, 0.4) is 0 Å². The zero-order valence-electron chi connectivity index (χ0n) is 23.0. The van der Waals surface area contributed by atoms with Crippen molar-refractivity contribution in [1.29, 1.82) is 0 Å². The molecule has 15 heteroatoms. The molecule has 2 amide bonds. The van der Waals surface area contributed by atoms with Gasteiger partial charge in [-0.25, -0.2) is 8.78 Å². The standard InChI is InChI=1S/C26H33F2N4O8P/c1-4-39-41(37,40-5-2)12-6-10-31-25(36)21-23(34)22(33)19(15-32(21)30(3)26(31)9-11-38-16-26)24(35)29-14-17-7-8-18(27)13-20(17)28/h7-8,13,15,34H,4-6,9-12,14,16H2,1-3H3,(H,29,35). The van der Waals surface area contributed by atoms with Gasteiger partial charge in [0.15, 0.2) is 17.1 Å². The van der Waals surface area contributed by atoms with Crippen molar-refractivity contribution in [1.82, 2.24) is 14.9 Å². The summed E-state index contributed by atoms with van der Waals surface area (Å²) in [7, 11) is -1.75. The number of carbonyl (C=O) groups is 2. The normalized spacial score (nSPS) is 18.7. The fourth-order valence-corrected chi connectivity index (χ4v) is 6.77. The Morgan fingerprint density at radius 3 is 2.54 bits per heavy atom. The Morgan fingerprint density at radius 1 is 1.22 bits per heavy atom. The van der Waals surface area contributed by atoms with E-state index in [1.165, 1.54) is 9.58 Å². The van der Waals surface area contributed by atoms with Gasteiger partial charge in [0.05, 0.1) is 32.6 Å². The van der Waals surface area contributed by atoms with Gasteiger partial charge in [-0.3, -0.25) is 28.6 Å². The summed E-state index contributed by atoms with van der Waals surface area (Å²) in [4.78, 5) is 41.2. The quantitative estimate of drug-likeness (QED) is 0.374. The van der Waals surface area contributed by atoms with Crippen molar-refractivity contribution < 1.29 is 41.8 Å². The molecule has 4 rings (SSSR count). The van der Waals surface area contributed by atoms with Crippen LogP contribution in [0, 0.1) is 11.6 Å². The van der Waals surface area contributed by atoms with Crippen LogP contribution < -0.4 is 15.8 Å². The van der Waals surface area contributed by atoms with Crippen molar-refractivity contribution in [2.45, 2.75) is 38.9 Å². The number of carbonyl (C=O) groups excluding carboxylic acids is 2. The third-order valence-corrected chi connectivity index (χ3v) is 9.35. The van der Waals surface area contributed by atoms with Gasteiger partial charge >= 0.3 is 7.60 Å². The van der Waals surface area contributed by atoms with Crippen molar-refractivity contribution in [2.24, 2.45) is 0 Å². The SMILES string of the molecule is CCOP(=O)(CCCN1C(=O)c2c(O)c(=O)c(C(=O)NCc3ccc(F)cc3F)cn2N(C)C12CCOC2)OCC. The molecular weight excluding hydrogens is 565 g/mol. The maximum Gasteiger partial charge on any atom is 0.330 e. The van der Waals surface area contributed by atoms with E-state index in [1.54, 1.807) is 25.9 Å². The van der Waals surface area contributed by atoms with Crippen molar-refractivity contribution in [3.63, 3.8) is 0 Å². The lowest BCUT2D eigenvalue weighted by Gasteiger charge is -2.52. The second-order valence-corrected chi connectivity index (χ2v) is 11.8. The third-order valence-electron chi connectivity index (χ3n) is 7.18. The molecule has 1 atom stereocenters. The summed E-state index contributed by atoms with van der Waals surface area (Å²) in [6, 6.07) is 2.86. The summed E-state index contributed by atoms with van der Waals surface area (Å²) in [6.45, 7) is 3.96. The summed E-state index contributed by atoms with van der Waals surface area (Å²) < 4.78 is 57.7. The molecule has 1 aromatic heterocycles. The first kappa shape index (κ1) is 30.6. The van der Waals surface area contributed by atoms with Gasteiger partial charge in [0.1, 0.15) is 17.2 Å². The van der Waals surface area contributed by atoms with E-state index in [-0.39, 0.29) is 56.8 Å². The zero-order valence-corrected chi connectivity index (χ0v) is 23.9. The van der Waals surface area contributed by atoms with Gasteiger partial charge in [0.2, 0.25) is 5.43 Å². The maximum absolute atomic E-state index is 14.0. The first-order chi connectivity index (χ1) is 19.5. The van der Waals surface area contributed by atoms with E-state index in [9.17, 15) is 32.8 Å². The maximum atomic E-state index is 14.0. The Balaban J connectivity index is 1.63. The number of halogens is 2. The van der Waals surface area contributed by atoms with Crippen LogP contribution in [0.25, 0.3) is 0 Å². The number of hydrogen-bond donors (Lipinski definition) is 2. The highest BCUT2D eigenvalue weighted by molar-refractivity contribution is 7.53. The molecule has 2 aliphatic rings. The van der Waals surface area contributed by atoms with Crippen LogP contribution >= 0.6 is 7.60 Å². The monoisotopic (exact) mass is 598 g/mol. The van der Waals surface area contributed by atoms with Crippen LogP contribution in [0.1, 0.15) is 53.1 Å². The number of fused-ring (bicyclic) bond motifs is 1. The predicted octanol–water partition coefficient (Wildman–Crippen LogP) is 2.56. The number of ether oxygens (including phenoxy) is 1. The summed E-state index contributed by atoms with van der Waals surface area (Å²) in [5.41, 5.74) is -2.96. The fourth-order valence-electron chi connectivity index (χ4n) is 5.12. The summed E-state index contributed by atoms with van der Waals surface area (Å²) in [5, 5.41) is 14.9. The highest BCUT2D eigenvalue weighted by Crippen LogP contribution is 2.48. The molecule has 1 unspecified atom stereocenters. The van der Waals surface area contributed by atoms with Gasteiger partial charge in [-0.05, 0) is 26.3 Å². The molecule has 0 saturated carbocycles. The molecule has 3 heterocycles. The lowest BCUT2D eigenvalue weighted by molar-refractivity contribution is 0.0222. The van der Waals surface area contributed by atoms with E-state index in [0.29, 0.717) is 19.1 Å². The number of aromatic nitrogens is 1. The smallest absolute Gasteiger partial charge is 0.330 e. The first-order valence-corrected chi connectivity index (χ1v) is 14.9. The van der Waals surface area contributed by atoms with Crippen molar-refractivity contribution in [3.8, 4) is 5.75 Å². The first-order valence-electron chi connectivity index (χ1n) is 13.2. The molecule has 41 heavy (non-hydrogen) atoms. The highest BCUT2D eigenvalue weighted by Gasteiger charge is 2.52. The number of nitrogens with one attached hydrogen (secondary N) is 1. The number of rotatable bonds is 11. The largest absolute Gasteiger partial charge is 0.502 e. The van der Waals surface area contributed by atoms with E-state index < -0.39 is 53.4 Å². The molecule has 2 aromatic rings. The Morgan fingerprint density at radius 2 is 1.93 bits per heavy atom. The topological polar surface area (TPSA) is 140 Å². The van der Waals surface area contributed by atoms with Crippen molar-refractivity contribution >= 4 is 19.4 Å². The average molecular weight is 599 g/mol. The molecule has 0 aliphatic carbocycles. The van der Waals surface area contributed by atoms with Crippen molar-refractivity contribution in [2.75, 3.05) is 51.2 Å². The molecule has 12 nitrogen and oxygen atoms in total. The Bertz CT molecular complexity index is 1420. The minimum absolute atomic E-state index is 0.00903. The van der Waals surface area contributed by atoms with Crippen molar-refractivity contribution in [3.05, 3.63) is 63.1 Å². The number of nitrogens with zero attached hydrogens (tertiary/aromatic N) is 3. The predicted molar refractivity (Wildman–Crippen MR) is 144 cm³/mol. The average Bonchev–Trinajstić information content (AvgIpc) is 3.41. The van der Waals surface area contributed by atoms with Crippen LogP contribution in [-0.2, 0) is 24.9 Å². The number of pyridine rings is 1. The molecule has 1 saturated heterocycles. The van der Waals surface area contributed by atoms with E-state index in [4.69, 9.17) is 13.8 Å². The molecule has 0 bridgehead atoms. The highest BCUT2D eigenvalue weighted by atomic mass is 31.2. The number of benzene rings is 1. The van der Waals surface area contributed by atoms with Gasteiger partial charge in [0, 0.05) is 44.4 Å². The number of hydrogen-bond acceptors (Lipinski definition) is 9. The Labute approximate surface area is 235 Å². The van der Waals surface area contributed by atoms with Gasteiger partial charge in [0.25, 0.3) is 11.8 Å². The molecular formula is C26H33F2N4O8P. The summed E-state index contributed by atoms with van der Waals surface area (Å²) >= 11 is 0. The minimum atomic E-state index is -3.37. The molecule has 1 fully saturated rings. The molecule has 224 valence electrons.